The van der Waals surface area contributed by atoms with Gasteiger partial charge in [-0.3, -0.25) is 14.7 Å². The van der Waals surface area contributed by atoms with E-state index >= 15 is 0 Å². The fraction of sp³-hybridized carbons (Fsp3) is 0.250. The molecule has 2 aromatic heterocycles. The molecule has 5 heteroatoms. The highest BCUT2D eigenvalue weighted by molar-refractivity contribution is 6.12. The minimum absolute atomic E-state index is 0.0760. The number of hydrogen-bond acceptors (Lipinski definition) is 3. The van der Waals surface area contributed by atoms with Crippen LogP contribution in [-0.4, -0.2) is 20.4 Å². The lowest BCUT2D eigenvalue weighted by atomic mass is 9.86. The number of amides is 1. The maximum atomic E-state index is 13.1. The van der Waals surface area contributed by atoms with Crippen molar-refractivity contribution >= 4 is 17.3 Å². The van der Waals surface area contributed by atoms with Crippen LogP contribution in [0.15, 0.2) is 49.1 Å². The molecule has 0 spiro atoms. The van der Waals surface area contributed by atoms with Crippen LogP contribution in [0.25, 0.3) is 5.69 Å². The largest absolute Gasteiger partial charge is 0.306 e. The first-order valence-corrected chi connectivity index (χ1v) is 8.30. The fourth-order valence-electron chi connectivity index (χ4n) is 3.39. The van der Waals surface area contributed by atoms with Gasteiger partial charge in [0, 0.05) is 23.8 Å². The Bertz CT molecular complexity index is 987. The van der Waals surface area contributed by atoms with Crippen molar-refractivity contribution in [2.45, 2.75) is 33.1 Å². The van der Waals surface area contributed by atoms with E-state index in [0.717, 1.165) is 34.0 Å². The second-order valence-corrected chi connectivity index (χ2v) is 7.04. The number of carbonyl (C=O) groups excluding carboxylic acids is 1. The fourth-order valence-corrected chi connectivity index (χ4v) is 3.39. The molecule has 0 unspecified atom stereocenters. The summed E-state index contributed by atoms with van der Waals surface area (Å²) in [5.74, 6) is 0.0760. The molecule has 0 fully saturated rings. The summed E-state index contributed by atoms with van der Waals surface area (Å²) in [5.41, 5.74) is 5.08. The number of hydrogen-bond donors (Lipinski definition) is 0. The average Bonchev–Trinajstić information content (AvgIpc) is 3.08. The average molecular weight is 332 g/mol. The molecule has 3 aromatic rings. The lowest BCUT2D eigenvalue weighted by Gasteiger charge is -2.20. The van der Waals surface area contributed by atoms with Gasteiger partial charge in [0.1, 0.15) is 0 Å². The Morgan fingerprint density at radius 3 is 2.44 bits per heavy atom. The third-order valence-corrected chi connectivity index (χ3v) is 4.78. The molecule has 1 aliphatic rings. The summed E-state index contributed by atoms with van der Waals surface area (Å²) in [5, 5.41) is 0. The van der Waals surface area contributed by atoms with Crippen LogP contribution in [0.3, 0.4) is 0 Å². The van der Waals surface area contributed by atoms with Gasteiger partial charge in [-0.25, -0.2) is 4.98 Å². The van der Waals surface area contributed by atoms with Gasteiger partial charge in [0.15, 0.2) is 0 Å². The van der Waals surface area contributed by atoms with Gasteiger partial charge in [-0.15, -0.1) is 0 Å². The minimum atomic E-state index is -0.560. The van der Waals surface area contributed by atoms with Crippen molar-refractivity contribution in [2.75, 3.05) is 4.90 Å². The summed E-state index contributed by atoms with van der Waals surface area (Å²) in [6.45, 7) is 7.84. The topological polar surface area (TPSA) is 51.0 Å². The summed E-state index contributed by atoms with van der Waals surface area (Å²) in [4.78, 5) is 23.5. The van der Waals surface area contributed by atoms with Crippen LogP contribution in [0.1, 0.15) is 30.8 Å². The summed E-state index contributed by atoms with van der Waals surface area (Å²) in [6.07, 6.45) is 5.51. The lowest BCUT2D eigenvalue weighted by molar-refractivity contribution is -0.121. The van der Waals surface area contributed by atoms with E-state index in [0.29, 0.717) is 0 Å². The Labute approximate surface area is 147 Å². The zero-order valence-electron chi connectivity index (χ0n) is 14.8. The number of nitrogens with zero attached hydrogens (tertiary/aromatic N) is 4. The summed E-state index contributed by atoms with van der Waals surface area (Å²) in [7, 11) is 0. The Kier molecular flexibility index (Phi) is 3.29. The van der Waals surface area contributed by atoms with E-state index in [-0.39, 0.29) is 5.91 Å². The second kappa shape index (κ2) is 5.28. The molecule has 1 aliphatic heterocycles. The van der Waals surface area contributed by atoms with Crippen LogP contribution in [0.4, 0.5) is 11.4 Å². The number of aromatic nitrogens is 3. The third kappa shape index (κ3) is 2.35. The Morgan fingerprint density at radius 2 is 1.76 bits per heavy atom. The minimum Gasteiger partial charge on any atom is -0.306 e. The van der Waals surface area contributed by atoms with E-state index < -0.39 is 5.41 Å². The Morgan fingerprint density at radius 1 is 0.960 bits per heavy atom. The van der Waals surface area contributed by atoms with Gasteiger partial charge >= 0.3 is 0 Å². The zero-order valence-corrected chi connectivity index (χ0v) is 14.8. The molecule has 0 saturated carbocycles. The van der Waals surface area contributed by atoms with E-state index in [1.165, 1.54) is 0 Å². The van der Waals surface area contributed by atoms with Gasteiger partial charge in [-0.05, 0) is 57.5 Å². The summed E-state index contributed by atoms with van der Waals surface area (Å²) < 4.78 is 1.97. The maximum absolute atomic E-state index is 13.1. The highest BCUT2D eigenvalue weighted by atomic mass is 16.2. The van der Waals surface area contributed by atoms with E-state index in [2.05, 4.69) is 16.0 Å². The van der Waals surface area contributed by atoms with Crippen LogP contribution >= 0.6 is 0 Å². The second-order valence-electron chi connectivity index (χ2n) is 7.04. The molecule has 0 N–H and O–H groups in total. The van der Waals surface area contributed by atoms with Crippen LogP contribution in [0.2, 0.25) is 0 Å². The molecule has 0 radical (unpaired) electrons. The molecule has 4 rings (SSSR count). The van der Waals surface area contributed by atoms with E-state index in [9.17, 15) is 4.79 Å². The first kappa shape index (κ1) is 15.6. The number of pyridine rings is 1. The number of rotatable bonds is 2. The van der Waals surface area contributed by atoms with Crippen LogP contribution < -0.4 is 4.90 Å². The van der Waals surface area contributed by atoms with Gasteiger partial charge < -0.3 is 4.57 Å². The Balaban J connectivity index is 1.90. The molecule has 25 heavy (non-hydrogen) atoms. The van der Waals surface area contributed by atoms with Gasteiger partial charge in [-0.1, -0.05) is 6.07 Å². The highest BCUT2D eigenvalue weighted by Crippen LogP contribution is 2.46. The van der Waals surface area contributed by atoms with Crippen LogP contribution in [-0.2, 0) is 10.2 Å². The summed E-state index contributed by atoms with van der Waals surface area (Å²) >= 11 is 0. The monoisotopic (exact) mass is 332 g/mol. The van der Waals surface area contributed by atoms with Gasteiger partial charge in [-0.2, -0.15) is 0 Å². The van der Waals surface area contributed by atoms with E-state index in [1.807, 2.05) is 62.7 Å². The number of carbonyl (C=O) groups is 1. The van der Waals surface area contributed by atoms with Crippen LogP contribution in [0.5, 0.6) is 0 Å². The molecule has 5 nitrogen and oxygen atoms in total. The maximum Gasteiger partial charge on any atom is 0.241 e. The van der Waals surface area contributed by atoms with Crippen molar-refractivity contribution in [3.63, 3.8) is 0 Å². The lowest BCUT2D eigenvalue weighted by Crippen LogP contribution is -2.33. The first-order chi connectivity index (χ1) is 11.9. The van der Waals surface area contributed by atoms with Gasteiger partial charge in [0.25, 0.3) is 0 Å². The number of aryl methyl sites for hydroxylation is 2. The standard InChI is InChI=1S/C20H20N4O/c1-13-9-16(7-8-21-13)24-18-10-15(23-11-14(2)22-12-23)5-6-17(18)20(3,4)19(24)25/h5-12H,1-4H3. The molecule has 1 amide bonds. The SMILES string of the molecule is Cc1cc(N2C(=O)C(C)(C)c3ccc(-n4cnc(C)c4)cc32)ccn1. The third-order valence-electron chi connectivity index (χ3n) is 4.78. The molecule has 0 saturated heterocycles. The van der Waals surface area contributed by atoms with Crippen LogP contribution in [0, 0.1) is 13.8 Å². The van der Waals surface area contributed by atoms with Crippen molar-refractivity contribution < 1.29 is 4.79 Å². The normalized spacial score (nSPS) is 15.5. The van der Waals surface area contributed by atoms with Crippen molar-refractivity contribution in [3.05, 3.63) is 66.0 Å². The molecule has 0 bridgehead atoms. The first-order valence-electron chi connectivity index (χ1n) is 8.30. The number of benzene rings is 1. The molecular weight excluding hydrogens is 312 g/mol. The predicted molar refractivity (Wildman–Crippen MR) is 97.4 cm³/mol. The van der Waals surface area contributed by atoms with Gasteiger partial charge in [0.2, 0.25) is 5.91 Å². The highest BCUT2D eigenvalue weighted by Gasteiger charge is 2.44. The Hall–Kier alpha value is -2.95. The molecular formula is C20H20N4O. The zero-order chi connectivity index (χ0) is 17.8. The number of imidazole rings is 1. The van der Waals surface area contributed by atoms with Crippen molar-refractivity contribution in [3.8, 4) is 5.69 Å². The predicted octanol–water partition coefficient (Wildman–Crippen LogP) is 3.84. The number of fused-ring (bicyclic) bond motifs is 1. The number of anilines is 2. The molecule has 0 atom stereocenters. The van der Waals surface area contributed by atoms with E-state index in [4.69, 9.17) is 0 Å². The summed E-state index contributed by atoms with van der Waals surface area (Å²) in [6, 6.07) is 9.96. The smallest absolute Gasteiger partial charge is 0.241 e. The van der Waals surface area contributed by atoms with Crippen molar-refractivity contribution in [1.29, 1.82) is 0 Å². The van der Waals surface area contributed by atoms with Crippen molar-refractivity contribution in [1.82, 2.24) is 14.5 Å². The van der Waals surface area contributed by atoms with Crippen molar-refractivity contribution in [2.24, 2.45) is 0 Å². The molecule has 1 aromatic carbocycles. The quantitative estimate of drug-likeness (QED) is 0.716. The molecule has 3 heterocycles. The van der Waals surface area contributed by atoms with E-state index in [1.54, 1.807) is 17.4 Å². The molecule has 0 aliphatic carbocycles. The molecule has 126 valence electrons. The van der Waals surface area contributed by atoms with Gasteiger partial charge in [0.05, 0.1) is 28.8 Å².